The highest BCUT2D eigenvalue weighted by Gasteiger charge is 2.46. The van der Waals surface area contributed by atoms with Gasteiger partial charge in [0.05, 0.1) is 5.75 Å². The lowest BCUT2D eigenvalue weighted by molar-refractivity contribution is -0.132. The zero-order valence-corrected chi connectivity index (χ0v) is 16.8. The van der Waals surface area contributed by atoms with Crippen molar-refractivity contribution in [2.24, 2.45) is 22.7 Å². The molecule has 2 atom stereocenters. The van der Waals surface area contributed by atoms with E-state index in [1.54, 1.807) is 13.8 Å². The van der Waals surface area contributed by atoms with Crippen molar-refractivity contribution in [3.05, 3.63) is 0 Å². The minimum atomic E-state index is -3.85. The summed E-state index contributed by atoms with van der Waals surface area (Å²) in [7, 11) is -3.85. The molecule has 0 spiro atoms. The molecule has 0 aromatic rings. The summed E-state index contributed by atoms with van der Waals surface area (Å²) in [6.45, 7) is 11.3. The highest BCUT2D eigenvalue weighted by Crippen LogP contribution is 2.42. The molecular weight excluding hydrogens is 326 g/mol. The summed E-state index contributed by atoms with van der Waals surface area (Å²) in [4.78, 5) is 24.9. The van der Waals surface area contributed by atoms with E-state index in [2.05, 4.69) is 4.72 Å². The summed E-state index contributed by atoms with van der Waals surface area (Å²) >= 11 is 0. The molecule has 1 fully saturated rings. The van der Waals surface area contributed by atoms with Gasteiger partial charge in [-0.25, -0.2) is 8.42 Å². The summed E-state index contributed by atoms with van der Waals surface area (Å²) in [5.41, 5.74) is -1.60. The first-order valence-corrected chi connectivity index (χ1v) is 10.6. The number of carbonyl (C=O) groups excluding carboxylic acids is 2. The van der Waals surface area contributed by atoms with Crippen LogP contribution in [0.25, 0.3) is 0 Å². The summed E-state index contributed by atoms with van der Waals surface area (Å²) < 4.78 is 27.4. The normalized spacial score (nSPS) is 25.8. The smallest absolute Gasteiger partial charge is 0.239 e. The fourth-order valence-corrected chi connectivity index (χ4v) is 5.13. The molecule has 1 saturated carbocycles. The van der Waals surface area contributed by atoms with Gasteiger partial charge in [-0.3, -0.25) is 14.3 Å². The molecule has 1 N–H and O–H groups in total. The standard InChI is InChI=1S/C18H33NO4S/c1-7-17(5,6)16(21)19-24(22,23)12-18(11-13(2)3)9-8-14(4)10-15(18)20/h13-14H,7-12H2,1-6H3,(H,19,21). The van der Waals surface area contributed by atoms with Crippen molar-refractivity contribution in [2.75, 3.05) is 5.75 Å². The number of hydrogen-bond donors (Lipinski definition) is 1. The van der Waals surface area contributed by atoms with Gasteiger partial charge >= 0.3 is 0 Å². The first-order chi connectivity index (χ1) is 10.8. The molecule has 1 aliphatic carbocycles. The van der Waals surface area contributed by atoms with Gasteiger partial charge in [0.25, 0.3) is 0 Å². The Morgan fingerprint density at radius 3 is 2.42 bits per heavy atom. The van der Waals surface area contributed by atoms with Crippen molar-refractivity contribution in [3.63, 3.8) is 0 Å². The third kappa shape index (κ3) is 5.30. The fourth-order valence-electron chi connectivity index (χ4n) is 3.35. The van der Waals surface area contributed by atoms with Gasteiger partial charge in [-0.15, -0.1) is 0 Å². The van der Waals surface area contributed by atoms with Gasteiger partial charge in [0.15, 0.2) is 0 Å². The van der Waals surface area contributed by atoms with Gasteiger partial charge in [-0.1, -0.05) is 41.5 Å². The molecule has 1 rings (SSSR count). The average molecular weight is 360 g/mol. The summed E-state index contributed by atoms with van der Waals surface area (Å²) in [6, 6.07) is 0. The number of carbonyl (C=O) groups is 2. The molecule has 0 aromatic heterocycles. The molecular formula is C18H33NO4S. The van der Waals surface area contributed by atoms with Crippen molar-refractivity contribution in [3.8, 4) is 0 Å². The second-order valence-electron chi connectivity index (χ2n) is 8.58. The van der Waals surface area contributed by atoms with Gasteiger partial charge in [-0.2, -0.15) is 0 Å². The Hall–Kier alpha value is -0.910. The second kappa shape index (κ2) is 7.54. The lowest BCUT2D eigenvalue weighted by atomic mass is 9.67. The predicted molar refractivity (Wildman–Crippen MR) is 95.9 cm³/mol. The number of nitrogens with one attached hydrogen (secondary N) is 1. The van der Waals surface area contributed by atoms with Crippen LogP contribution >= 0.6 is 0 Å². The molecule has 1 aliphatic rings. The van der Waals surface area contributed by atoms with Crippen LogP contribution in [0.15, 0.2) is 0 Å². The van der Waals surface area contributed by atoms with Gasteiger partial charge in [0.1, 0.15) is 5.78 Å². The van der Waals surface area contributed by atoms with Crippen molar-refractivity contribution in [1.82, 2.24) is 4.72 Å². The van der Waals surface area contributed by atoms with E-state index in [1.807, 2.05) is 27.7 Å². The van der Waals surface area contributed by atoms with E-state index >= 15 is 0 Å². The molecule has 0 heterocycles. The molecule has 2 unspecified atom stereocenters. The molecule has 0 aliphatic heterocycles. The Balaban J connectivity index is 3.02. The first-order valence-electron chi connectivity index (χ1n) is 8.92. The second-order valence-corrected chi connectivity index (χ2v) is 10.3. The van der Waals surface area contributed by atoms with E-state index in [9.17, 15) is 18.0 Å². The summed E-state index contributed by atoms with van der Waals surface area (Å²) in [6.07, 6.45) is 2.95. The van der Waals surface area contributed by atoms with Crippen LogP contribution in [0.2, 0.25) is 0 Å². The molecule has 0 bridgehead atoms. The van der Waals surface area contributed by atoms with Gasteiger partial charge in [0.2, 0.25) is 15.9 Å². The fraction of sp³-hybridized carbons (Fsp3) is 0.889. The lowest BCUT2D eigenvalue weighted by Gasteiger charge is -2.39. The van der Waals surface area contributed by atoms with Crippen LogP contribution in [0.5, 0.6) is 0 Å². The van der Waals surface area contributed by atoms with Crippen LogP contribution in [0, 0.1) is 22.7 Å². The average Bonchev–Trinajstić information content (AvgIpc) is 2.41. The quantitative estimate of drug-likeness (QED) is 0.756. The van der Waals surface area contributed by atoms with E-state index in [0.717, 1.165) is 6.42 Å². The van der Waals surface area contributed by atoms with Gasteiger partial charge < -0.3 is 0 Å². The maximum atomic E-state index is 12.7. The Bertz CT molecular complexity index is 580. The number of rotatable bonds is 7. The molecule has 140 valence electrons. The minimum absolute atomic E-state index is 0.0301. The number of ketones is 1. The Labute approximate surface area is 147 Å². The zero-order chi connectivity index (χ0) is 18.8. The maximum absolute atomic E-state index is 12.7. The molecule has 5 nitrogen and oxygen atoms in total. The van der Waals surface area contributed by atoms with Crippen LogP contribution in [-0.2, 0) is 19.6 Å². The lowest BCUT2D eigenvalue weighted by Crippen LogP contribution is -2.49. The van der Waals surface area contributed by atoms with Crippen LogP contribution in [-0.4, -0.2) is 25.9 Å². The largest absolute Gasteiger partial charge is 0.299 e. The van der Waals surface area contributed by atoms with Crippen molar-refractivity contribution < 1.29 is 18.0 Å². The van der Waals surface area contributed by atoms with E-state index in [1.165, 1.54) is 0 Å². The van der Waals surface area contributed by atoms with Crippen molar-refractivity contribution in [1.29, 1.82) is 0 Å². The molecule has 0 saturated heterocycles. The van der Waals surface area contributed by atoms with Crippen LogP contribution in [0.3, 0.4) is 0 Å². The molecule has 24 heavy (non-hydrogen) atoms. The Kier molecular flexibility index (Phi) is 6.64. The van der Waals surface area contributed by atoms with Crippen molar-refractivity contribution >= 4 is 21.7 Å². The monoisotopic (exact) mass is 359 g/mol. The number of hydrogen-bond acceptors (Lipinski definition) is 4. The highest BCUT2D eigenvalue weighted by atomic mass is 32.2. The minimum Gasteiger partial charge on any atom is -0.299 e. The first kappa shape index (κ1) is 21.1. The van der Waals surface area contributed by atoms with Gasteiger partial charge in [-0.05, 0) is 37.5 Å². The maximum Gasteiger partial charge on any atom is 0.239 e. The van der Waals surface area contributed by atoms with E-state index in [4.69, 9.17) is 0 Å². The zero-order valence-electron chi connectivity index (χ0n) is 15.9. The van der Waals surface area contributed by atoms with E-state index < -0.39 is 26.8 Å². The van der Waals surface area contributed by atoms with Crippen LogP contribution < -0.4 is 4.72 Å². The van der Waals surface area contributed by atoms with Crippen LogP contribution in [0.1, 0.15) is 73.6 Å². The SMILES string of the molecule is CCC(C)(C)C(=O)NS(=O)(=O)CC1(CC(C)C)CCC(C)CC1=O. The Morgan fingerprint density at radius 2 is 1.96 bits per heavy atom. The number of sulfonamides is 1. The molecule has 0 radical (unpaired) electrons. The topological polar surface area (TPSA) is 80.3 Å². The van der Waals surface area contributed by atoms with Crippen molar-refractivity contribution in [2.45, 2.75) is 73.6 Å². The number of Topliss-reactive ketones (excluding diaryl/α,β-unsaturated/α-hetero) is 1. The highest BCUT2D eigenvalue weighted by molar-refractivity contribution is 7.90. The van der Waals surface area contributed by atoms with Crippen LogP contribution in [0.4, 0.5) is 0 Å². The summed E-state index contributed by atoms with van der Waals surface area (Å²) in [5.74, 6) is -0.228. The third-order valence-electron chi connectivity index (χ3n) is 5.25. The van der Waals surface area contributed by atoms with E-state index in [-0.39, 0.29) is 17.5 Å². The third-order valence-corrected chi connectivity index (χ3v) is 6.68. The predicted octanol–water partition coefficient (Wildman–Crippen LogP) is 3.29. The van der Waals surface area contributed by atoms with E-state index in [0.29, 0.717) is 31.6 Å². The Morgan fingerprint density at radius 1 is 1.38 bits per heavy atom. The molecule has 0 aromatic carbocycles. The molecule has 1 amide bonds. The number of amides is 1. The van der Waals surface area contributed by atoms with Gasteiger partial charge in [0, 0.05) is 17.3 Å². The molecule has 6 heteroatoms. The summed E-state index contributed by atoms with van der Waals surface area (Å²) in [5, 5.41) is 0.